The van der Waals surface area contributed by atoms with Gasteiger partial charge in [0, 0.05) is 17.1 Å². The van der Waals surface area contributed by atoms with E-state index in [0.717, 1.165) is 0 Å². The summed E-state index contributed by atoms with van der Waals surface area (Å²) in [6.45, 7) is 0. The quantitative estimate of drug-likeness (QED) is 0.804. The molecular weight excluding hydrogens is 303 g/mol. The maximum atomic E-state index is 13.4. The van der Waals surface area contributed by atoms with Crippen LogP contribution in [0.25, 0.3) is 0 Å². The molecule has 0 aliphatic heterocycles. The third-order valence-electron chi connectivity index (χ3n) is 2.89. The van der Waals surface area contributed by atoms with Crippen LogP contribution in [-0.2, 0) is 4.79 Å². The fraction of sp³-hybridized carbons (Fsp3) is 0.125. The number of thioether (sulfide) groups is 1. The second-order valence-electron chi connectivity index (χ2n) is 4.49. The minimum atomic E-state index is -0.600. The molecule has 0 aromatic heterocycles. The Kier molecular flexibility index (Phi) is 5.55. The normalized spacial score (nSPS) is 10.2. The molecule has 3 N–H and O–H groups in total. The van der Waals surface area contributed by atoms with E-state index >= 15 is 0 Å². The Hall–Kier alpha value is -2.34. The highest BCUT2D eigenvalue weighted by molar-refractivity contribution is 7.99. The Labute approximate surface area is 131 Å². The molecule has 0 spiro atoms. The summed E-state index contributed by atoms with van der Waals surface area (Å²) in [5.41, 5.74) is 5.89. The van der Waals surface area contributed by atoms with Crippen molar-refractivity contribution in [3.63, 3.8) is 0 Å². The van der Waals surface area contributed by atoms with Gasteiger partial charge in [-0.05, 0) is 24.3 Å². The first-order chi connectivity index (χ1) is 10.6. The fourth-order valence-corrected chi connectivity index (χ4v) is 2.72. The summed E-state index contributed by atoms with van der Waals surface area (Å²) in [5, 5.41) is 2.65. The molecule has 0 heterocycles. The van der Waals surface area contributed by atoms with Crippen LogP contribution in [0.4, 0.5) is 10.1 Å². The van der Waals surface area contributed by atoms with Crippen molar-refractivity contribution in [2.45, 2.75) is 11.3 Å². The third-order valence-corrected chi connectivity index (χ3v) is 3.94. The van der Waals surface area contributed by atoms with E-state index in [1.54, 1.807) is 42.5 Å². The summed E-state index contributed by atoms with van der Waals surface area (Å²) in [6, 6.07) is 12.9. The van der Waals surface area contributed by atoms with Gasteiger partial charge in [0.1, 0.15) is 5.82 Å². The Morgan fingerprint density at radius 3 is 2.50 bits per heavy atom. The lowest BCUT2D eigenvalue weighted by atomic mass is 10.1. The zero-order valence-electron chi connectivity index (χ0n) is 11.7. The Morgan fingerprint density at radius 1 is 1.09 bits per heavy atom. The molecule has 0 unspecified atom stereocenters. The number of nitrogens with one attached hydrogen (secondary N) is 1. The minimum Gasteiger partial charge on any atom is -0.366 e. The van der Waals surface area contributed by atoms with Crippen LogP contribution in [0.15, 0.2) is 53.4 Å². The zero-order chi connectivity index (χ0) is 15.9. The molecule has 114 valence electrons. The highest BCUT2D eigenvalue weighted by atomic mass is 32.2. The topological polar surface area (TPSA) is 72.2 Å². The molecule has 2 rings (SSSR count). The van der Waals surface area contributed by atoms with E-state index in [4.69, 9.17) is 5.73 Å². The van der Waals surface area contributed by atoms with Crippen molar-refractivity contribution in [1.29, 1.82) is 0 Å². The van der Waals surface area contributed by atoms with Gasteiger partial charge in [0.2, 0.25) is 5.91 Å². The van der Waals surface area contributed by atoms with E-state index in [-0.39, 0.29) is 23.7 Å². The minimum absolute atomic E-state index is 0.200. The van der Waals surface area contributed by atoms with Gasteiger partial charge in [-0.3, -0.25) is 9.59 Å². The maximum Gasteiger partial charge on any atom is 0.250 e. The smallest absolute Gasteiger partial charge is 0.250 e. The molecule has 0 bridgehead atoms. The van der Waals surface area contributed by atoms with E-state index in [2.05, 4.69) is 5.32 Å². The summed E-state index contributed by atoms with van der Waals surface area (Å²) in [5.74, 6) is -0.716. The number of benzene rings is 2. The van der Waals surface area contributed by atoms with E-state index in [1.807, 2.05) is 0 Å². The highest BCUT2D eigenvalue weighted by Crippen LogP contribution is 2.22. The molecule has 2 aromatic rings. The van der Waals surface area contributed by atoms with E-state index < -0.39 is 5.91 Å². The molecule has 0 saturated heterocycles. The number of hydrogen-bond donors (Lipinski definition) is 2. The summed E-state index contributed by atoms with van der Waals surface area (Å²) >= 11 is 1.27. The number of anilines is 1. The van der Waals surface area contributed by atoms with E-state index in [9.17, 15) is 14.0 Å². The molecule has 0 saturated carbocycles. The van der Waals surface area contributed by atoms with Crippen molar-refractivity contribution in [3.8, 4) is 0 Å². The zero-order valence-corrected chi connectivity index (χ0v) is 12.5. The van der Waals surface area contributed by atoms with Gasteiger partial charge in [-0.15, -0.1) is 11.8 Å². The van der Waals surface area contributed by atoms with Gasteiger partial charge in [-0.1, -0.05) is 24.3 Å². The summed E-state index contributed by atoms with van der Waals surface area (Å²) < 4.78 is 13.4. The van der Waals surface area contributed by atoms with Crippen molar-refractivity contribution in [2.75, 3.05) is 11.1 Å². The van der Waals surface area contributed by atoms with Crippen molar-refractivity contribution in [1.82, 2.24) is 0 Å². The Bertz CT molecular complexity index is 691. The van der Waals surface area contributed by atoms with Crippen LogP contribution in [0, 0.1) is 5.82 Å². The first kappa shape index (κ1) is 16.0. The molecule has 6 heteroatoms. The van der Waals surface area contributed by atoms with Crippen LogP contribution >= 0.6 is 11.8 Å². The van der Waals surface area contributed by atoms with Crippen molar-refractivity contribution < 1.29 is 14.0 Å². The predicted molar refractivity (Wildman–Crippen MR) is 85.3 cm³/mol. The van der Waals surface area contributed by atoms with Gasteiger partial charge >= 0.3 is 0 Å². The second-order valence-corrected chi connectivity index (χ2v) is 5.62. The number of nitrogens with two attached hydrogens (primary N) is 1. The number of para-hydroxylation sites is 1. The van der Waals surface area contributed by atoms with E-state index in [0.29, 0.717) is 16.3 Å². The standard InChI is InChI=1S/C16H15FN2O2S/c17-12-6-2-4-8-14(12)22-10-9-15(20)19-13-7-3-1-5-11(13)16(18)21/h1-8H,9-10H2,(H2,18,21)(H,19,20). The number of amides is 2. The summed E-state index contributed by atoms with van der Waals surface area (Å²) in [7, 11) is 0. The monoisotopic (exact) mass is 318 g/mol. The summed E-state index contributed by atoms with van der Waals surface area (Å²) in [4.78, 5) is 23.7. The molecule has 0 aliphatic carbocycles. The highest BCUT2D eigenvalue weighted by Gasteiger charge is 2.10. The van der Waals surface area contributed by atoms with Gasteiger partial charge in [-0.25, -0.2) is 4.39 Å². The van der Waals surface area contributed by atoms with Crippen LogP contribution in [0.1, 0.15) is 16.8 Å². The number of rotatable bonds is 6. The Balaban J connectivity index is 1.89. The van der Waals surface area contributed by atoms with Crippen molar-refractivity contribution in [3.05, 3.63) is 59.9 Å². The molecule has 0 fully saturated rings. The number of halogens is 1. The maximum absolute atomic E-state index is 13.4. The lowest BCUT2D eigenvalue weighted by Crippen LogP contribution is -2.18. The second kappa shape index (κ2) is 7.61. The molecule has 2 aromatic carbocycles. The molecule has 0 aliphatic rings. The number of carbonyl (C=O) groups excluding carboxylic acids is 2. The molecule has 2 amide bonds. The fourth-order valence-electron chi connectivity index (χ4n) is 1.84. The predicted octanol–water partition coefficient (Wildman–Crippen LogP) is 3.05. The first-order valence-electron chi connectivity index (χ1n) is 6.64. The van der Waals surface area contributed by atoms with Gasteiger partial charge in [0.25, 0.3) is 5.91 Å². The SMILES string of the molecule is NC(=O)c1ccccc1NC(=O)CCSc1ccccc1F. The third kappa shape index (κ3) is 4.33. The molecule has 4 nitrogen and oxygen atoms in total. The largest absolute Gasteiger partial charge is 0.366 e. The number of carbonyl (C=O) groups is 2. The van der Waals surface area contributed by atoms with Crippen LogP contribution in [-0.4, -0.2) is 17.6 Å². The van der Waals surface area contributed by atoms with Crippen molar-refractivity contribution >= 4 is 29.3 Å². The van der Waals surface area contributed by atoms with Crippen LogP contribution in [0.3, 0.4) is 0 Å². The average molecular weight is 318 g/mol. The van der Waals surface area contributed by atoms with Gasteiger partial charge in [-0.2, -0.15) is 0 Å². The molecular formula is C16H15FN2O2S. The summed E-state index contributed by atoms with van der Waals surface area (Å²) in [6.07, 6.45) is 0.200. The first-order valence-corrected chi connectivity index (χ1v) is 7.62. The van der Waals surface area contributed by atoms with Crippen LogP contribution in [0.2, 0.25) is 0 Å². The molecule has 0 atom stereocenters. The van der Waals surface area contributed by atoms with Gasteiger partial charge in [0.15, 0.2) is 0 Å². The molecule has 0 radical (unpaired) electrons. The van der Waals surface area contributed by atoms with E-state index in [1.165, 1.54) is 17.8 Å². The van der Waals surface area contributed by atoms with Gasteiger partial charge < -0.3 is 11.1 Å². The number of primary amides is 1. The molecule has 22 heavy (non-hydrogen) atoms. The average Bonchev–Trinajstić information content (AvgIpc) is 2.49. The lowest BCUT2D eigenvalue weighted by Gasteiger charge is -2.08. The number of hydrogen-bond acceptors (Lipinski definition) is 3. The van der Waals surface area contributed by atoms with Crippen LogP contribution in [0.5, 0.6) is 0 Å². The van der Waals surface area contributed by atoms with Gasteiger partial charge in [0.05, 0.1) is 11.3 Å². The lowest BCUT2D eigenvalue weighted by molar-refractivity contribution is -0.115. The van der Waals surface area contributed by atoms with Crippen molar-refractivity contribution in [2.24, 2.45) is 5.73 Å². The van der Waals surface area contributed by atoms with Crippen LogP contribution < -0.4 is 11.1 Å². The Morgan fingerprint density at radius 2 is 1.77 bits per heavy atom.